The molecule has 1 N–H and O–H groups in total. The highest BCUT2D eigenvalue weighted by atomic mass is 16.3. The summed E-state index contributed by atoms with van der Waals surface area (Å²) in [5.41, 5.74) is -2.36. The maximum Gasteiger partial charge on any atom is 0.152 e. The average molecular weight is 223 g/mol. The molecule has 0 aromatic heterocycles. The molecular weight excluding hydrogens is 202 g/mol. The van der Waals surface area contributed by atoms with Gasteiger partial charge in [-0.2, -0.15) is 5.26 Å². The summed E-state index contributed by atoms with van der Waals surface area (Å²) in [4.78, 5) is 10.9. The number of nitriles is 1. The summed E-state index contributed by atoms with van der Waals surface area (Å²) < 4.78 is 0. The highest BCUT2D eigenvalue weighted by Crippen LogP contribution is 2.46. The van der Waals surface area contributed by atoms with Crippen molar-refractivity contribution in [2.45, 2.75) is 58.0 Å². The second-order valence-corrected chi connectivity index (χ2v) is 5.19. The van der Waals surface area contributed by atoms with Crippen molar-refractivity contribution in [1.29, 1.82) is 5.26 Å². The molecule has 16 heavy (non-hydrogen) atoms. The Balaban J connectivity index is 2.74. The summed E-state index contributed by atoms with van der Waals surface area (Å²) in [6.07, 6.45) is 6.05. The van der Waals surface area contributed by atoms with Crippen molar-refractivity contribution < 1.29 is 9.90 Å². The van der Waals surface area contributed by atoms with Gasteiger partial charge in [-0.25, -0.2) is 0 Å². The van der Waals surface area contributed by atoms with Crippen LogP contribution >= 0.6 is 0 Å². The van der Waals surface area contributed by atoms with Crippen LogP contribution in [-0.4, -0.2) is 17.0 Å². The lowest BCUT2D eigenvalue weighted by Crippen LogP contribution is -2.48. The molecule has 0 spiro atoms. The van der Waals surface area contributed by atoms with E-state index in [0.29, 0.717) is 25.0 Å². The zero-order chi connectivity index (χ0) is 12.2. The molecule has 0 saturated heterocycles. The molecule has 0 aromatic carbocycles. The molecule has 1 atom stereocenters. The van der Waals surface area contributed by atoms with Gasteiger partial charge in [0.1, 0.15) is 5.60 Å². The molecule has 1 aliphatic carbocycles. The highest BCUT2D eigenvalue weighted by Gasteiger charge is 2.49. The monoisotopic (exact) mass is 223 g/mol. The third kappa shape index (κ3) is 2.27. The van der Waals surface area contributed by atoms with E-state index in [0.717, 1.165) is 19.3 Å². The summed E-state index contributed by atoms with van der Waals surface area (Å²) in [6.45, 7) is 3.62. The van der Waals surface area contributed by atoms with E-state index in [4.69, 9.17) is 0 Å². The zero-order valence-corrected chi connectivity index (χ0v) is 10.2. The summed E-state index contributed by atoms with van der Waals surface area (Å²) in [6, 6.07) is 2.19. The van der Waals surface area contributed by atoms with Crippen LogP contribution in [0.4, 0.5) is 0 Å². The Kier molecular flexibility index (Phi) is 4.09. The Hall–Kier alpha value is -0.880. The maximum atomic E-state index is 10.9. The van der Waals surface area contributed by atoms with Crippen LogP contribution in [-0.2, 0) is 4.79 Å². The fourth-order valence-corrected chi connectivity index (χ4v) is 2.71. The summed E-state index contributed by atoms with van der Waals surface area (Å²) in [5.74, 6) is 0.661. The molecule has 1 unspecified atom stereocenters. The van der Waals surface area contributed by atoms with Gasteiger partial charge in [-0.15, -0.1) is 0 Å². The number of aliphatic hydroxyl groups is 1. The van der Waals surface area contributed by atoms with Gasteiger partial charge in [0.2, 0.25) is 0 Å². The first-order valence-electron chi connectivity index (χ1n) is 6.11. The number of aldehydes is 1. The first-order valence-corrected chi connectivity index (χ1v) is 6.11. The predicted octanol–water partition coefficient (Wildman–Crippen LogP) is 2.44. The third-order valence-corrected chi connectivity index (χ3v) is 4.07. The molecule has 1 fully saturated rings. The summed E-state index contributed by atoms with van der Waals surface area (Å²) in [7, 11) is 0. The number of hydrogen-bond donors (Lipinski definition) is 1. The average Bonchev–Trinajstić information content (AvgIpc) is 2.30. The molecule has 0 heterocycles. The lowest BCUT2D eigenvalue weighted by molar-refractivity contribution is -0.135. The quantitative estimate of drug-likeness (QED) is 0.744. The van der Waals surface area contributed by atoms with E-state index in [-0.39, 0.29) is 0 Å². The van der Waals surface area contributed by atoms with E-state index in [2.05, 4.69) is 13.0 Å². The summed E-state index contributed by atoms with van der Waals surface area (Å²) in [5, 5.41) is 19.3. The molecule has 1 rings (SSSR count). The van der Waals surface area contributed by atoms with Gasteiger partial charge in [0.15, 0.2) is 6.29 Å². The standard InChI is InChI=1S/C13H21NO2/c1-3-4-11-5-7-13(9-14,8-6-11)12(2,16)10-15/h10-11,16H,3-8H2,1-2H3. The minimum absolute atomic E-state index is 0.524. The van der Waals surface area contributed by atoms with Crippen LogP contribution in [0.2, 0.25) is 0 Å². The maximum absolute atomic E-state index is 10.9. The van der Waals surface area contributed by atoms with Gasteiger partial charge in [0.25, 0.3) is 0 Å². The Morgan fingerprint density at radius 1 is 1.56 bits per heavy atom. The molecule has 3 heteroatoms. The lowest BCUT2D eigenvalue weighted by atomic mass is 9.62. The number of rotatable bonds is 4. The second kappa shape index (κ2) is 4.97. The smallest absolute Gasteiger partial charge is 0.152 e. The van der Waals surface area contributed by atoms with E-state index < -0.39 is 11.0 Å². The number of nitrogens with zero attached hydrogens (tertiary/aromatic N) is 1. The van der Waals surface area contributed by atoms with Gasteiger partial charge in [-0.3, -0.25) is 0 Å². The molecule has 1 aliphatic rings. The largest absolute Gasteiger partial charge is 0.381 e. The number of carbonyl (C=O) groups is 1. The normalized spacial score (nSPS) is 33.8. The lowest BCUT2D eigenvalue weighted by Gasteiger charge is -2.41. The van der Waals surface area contributed by atoms with Gasteiger partial charge >= 0.3 is 0 Å². The van der Waals surface area contributed by atoms with E-state index >= 15 is 0 Å². The van der Waals surface area contributed by atoms with Crippen molar-refractivity contribution in [2.75, 3.05) is 0 Å². The Morgan fingerprint density at radius 3 is 2.50 bits per heavy atom. The Labute approximate surface area is 97.5 Å². The second-order valence-electron chi connectivity index (χ2n) is 5.19. The van der Waals surface area contributed by atoms with Crippen LogP contribution in [0.5, 0.6) is 0 Å². The zero-order valence-electron chi connectivity index (χ0n) is 10.2. The van der Waals surface area contributed by atoms with Crippen molar-refractivity contribution in [2.24, 2.45) is 11.3 Å². The van der Waals surface area contributed by atoms with Gasteiger partial charge in [-0.1, -0.05) is 19.8 Å². The number of carbonyl (C=O) groups excluding carboxylic acids is 1. The van der Waals surface area contributed by atoms with Crippen LogP contribution in [0, 0.1) is 22.7 Å². The molecular formula is C13H21NO2. The van der Waals surface area contributed by atoms with E-state index in [9.17, 15) is 15.2 Å². The van der Waals surface area contributed by atoms with Crippen LogP contribution in [0.3, 0.4) is 0 Å². The van der Waals surface area contributed by atoms with Crippen molar-refractivity contribution in [3.63, 3.8) is 0 Å². The SMILES string of the molecule is CCCC1CCC(C#N)(C(C)(O)C=O)CC1. The van der Waals surface area contributed by atoms with Crippen LogP contribution in [0.15, 0.2) is 0 Å². The van der Waals surface area contributed by atoms with Crippen molar-refractivity contribution >= 4 is 6.29 Å². The highest BCUT2D eigenvalue weighted by molar-refractivity contribution is 5.64. The van der Waals surface area contributed by atoms with E-state index in [1.807, 2.05) is 0 Å². The minimum atomic E-state index is -1.50. The van der Waals surface area contributed by atoms with Crippen LogP contribution < -0.4 is 0 Å². The molecule has 0 bridgehead atoms. The van der Waals surface area contributed by atoms with E-state index in [1.165, 1.54) is 13.3 Å². The fourth-order valence-electron chi connectivity index (χ4n) is 2.71. The fraction of sp³-hybridized carbons (Fsp3) is 0.846. The topological polar surface area (TPSA) is 61.1 Å². The molecule has 90 valence electrons. The van der Waals surface area contributed by atoms with Gasteiger partial charge < -0.3 is 9.90 Å². The molecule has 1 saturated carbocycles. The number of hydrogen-bond acceptors (Lipinski definition) is 3. The molecule has 0 aliphatic heterocycles. The van der Waals surface area contributed by atoms with Gasteiger partial charge in [0, 0.05) is 0 Å². The Morgan fingerprint density at radius 2 is 2.12 bits per heavy atom. The van der Waals surface area contributed by atoms with Crippen LogP contribution in [0.1, 0.15) is 52.4 Å². The predicted molar refractivity (Wildman–Crippen MR) is 61.6 cm³/mol. The first-order chi connectivity index (χ1) is 7.51. The van der Waals surface area contributed by atoms with Gasteiger partial charge in [0.05, 0.1) is 11.5 Å². The molecule has 0 aromatic rings. The van der Waals surface area contributed by atoms with Crippen molar-refractivity contribution in [1.82, 2.24) is 0 Å². The third-order valence-electron chi connectivity index (χ3n) is 4.07. The van der Waals surface area contributed by atoms with E-state index in [1.54, 1.807) is 0 Å². The first kappa shape index (κ1) is 13.2. The van der Waals surface area contributed by atoms with Crippen LogP contribution in [0.25, 0.3) is 0 Å². The molecule has 0 radical (unpaired) electrons. The minimum Gasteiger partial charge on any atom is -0.381 e. The molecule has 3 nitrogen and oxygen atoms in total. The van der Waals surface area contributed by atoms with Crippen molar-refractivity contribution in [3.05, 3.63) is 0 Å². The van der Waals surface area contributed by atoms with Crippen molar-refractivity contribution in [3.8, 4) is 6.07 Å². The summed E-state index contributed by atoms with van der Waals surface area (Å²) >= 11 is 0. The van der Waals surface area contributed by atoms with Gasteiger partial charge in [-0.05, 0) is 38.5 Å². The molecule has 0 amide bonds. The Bertz CT molecular complexity index is 283.